The highest BCUT2D eigenvalue weighted by Crippen LogP contribution is 2.28. The molecule has 0 aliphatic carbocycles. The highest BCUT2D eigenvalue weighted by molar-refractivity contribution is 7.98. The number of nitrogens with zero attached hydrogens (tertiary/aromatic N) is 4. The average molecular weight is 393 g/mol. The lowest BCUT2D eigenvalue weighted by atomic mass is 9.98. The summed E-state index contributed by atoms with van der Waals surface area (Å²) >= 11 is 1.48. The molecule has 0 spiro atoms. The maximum Gasteiger partial charge on any atom is 0.267 e. The first-order valence-corrected chi connectivity index (χ1v) is 9.60. The zero-order valence-electron chi connectivity index (χ0n) is 14.4. The van der Waals surface area contributed by atoms with E-state index in [4.69, 9.17) is 10.8 Å². The van der Waals surface area contributed by atoms with Crippen LogP contribution >= 0.6 is 24.2 Å². The van der Waals surface area contributed by atoms with Crippen LogP contribution in [0.1, 0.15) is 23.3 Å². The second kappa shape index (κ2) is 7.77. The van der Waals surface area contributed by atoms with Crippen molar-refractivity contribution in [2.24, 2.45) is 11.7 Å². The predicted molar refractivity (Wildman–Crippen MR) is 106 cm³/mol. The van der Waals surface area contributed by atoms with E-state index in [9.17, 15) is 4.79 Å². The molecule has 26 heavy (non-hydrogen) atoms. The van der Waals surface area contributed by atoms with Gasteiger partial charge in [-0.3, -0.25) is 9.48 Å². The fourth-order valence-corrected chi connectivity index (χ4v) is 3.81. The SMILES string of the molecule is CSc1ncc2ccc3c(C(N)=O)n(CC4CCNCC4)nc3c2n1.Cl. The van der Waals surface area contributed by atoms with Gasteiger partial charge in [0.2, 0.25) is 0 Å². The maximum atomic E-state index is 12.1. The number of rotatable bonds is 4. The number of piperidine rings is 1. The van der Waals surface area contributed by atoms with Crippen LogP contribution in [0.2, 0.25) is 0 Å². The molecule has 0 bridgehead atoms. The van der Waals surface area contributed by atoms with Crippen molar-refractivity contribution in [2.75, 3.05) is 19.3 Å². The van der Waals surface area contributed by atoms with Crippen LogP contribution in [0.4, 0.5) is 0 Å². The predicted octanol–water partition coefficient (Wildman–Crippen LogP) is 2.22. The Balaban J connectivity index is 0.00000196. The van der Waals surface area contributed by atoms with Gasteiger partial charge in [-0.1, -0.05) is 17.8 Å². The summed E-state index contributed by atoms with van der Waals surface area (Å²) < 4.78 is 1.78. The topological polar surface area (TPSA) is 98.7 Å². The van der Waals surface area contributed by atoms with Gasteiger partial charge in [-0.05, 0) is 44.2 Å². The first-order chi connectivity index (χ1) is 12.2. The van der Waals surface area contributed by atoms with Crippen LogP contribution in [0.5, 0.6) is 0 Å². The van der Waals surface area contributed by atoms with Gasteiger partial charge in [0, 0.05) is 23.5 Å². The molecule has 9 heteroatoms. The molecule has 4 rings (SSSR count). The summed E-state index contributed by atoms with van der Waals surface area (Å²) in [7, 11) is 0. The number of thioether (sulfide) groups is 1. The van der Waals surface area contributed by atoms with E-state index in [2.05, 4.69) is 15.3 Å². The third kappa shape index (κ3) is 3.36. The van der Waals surface area contributed by atoms with Gasteiger partial charge in [0.15, 0.2) is 5.16 Å². The lowest BCUT2D eigenvalue weighted by Gasteiger charge is -2.22. The molecule has 138 valence electrons. The minimum absolute atomic E-state index is 0. The molecular formula is C17H21ClN6OS. The zero-order valence-corrected chi connectivity index (χ0v) is 16.1. The highest BCUT2D eigenvalue weighted by Gasteiger charge is 2.22. The Labute approximate surface area is 161 Å². The smallest absolute Gasteiger partial charge is 0.267 e. The average Bonchev–Trinajstić information content (AvgIpc) is 3.00. The first kappa shape index (κ1) is 18.9. The second-order valence-corrected chi connectivity index (χ2v) is 7.12. The van der Waals surface area contributed by atoms with Crippen LogP contribution < -0.4 is 11.1 Å². The molecule has 3 heterocycles. The van der Waals surface area contributed by atoms with Crippen molar-refractivity contribution in [3.8, 4) is 0 Å². The van der Waals surface area contributed by atoms with Crippen molar-refractivity contribution in [3.63, 3.8) is 0 Å². The van der Waals surface area contributed by atoms with Gasteiger partial charge < -0.3 is 11.1 Å². The fourth-order valence-electron chi connectivity index (χ4n) is 3.47. The van der Waals surface area contributed by atoms with E-state index in [1.165, 1.54) is 11.8 Å². The molecule has 1 amide bonds. The van der Waals surface area contributed by atoms with Crippen molar-refractivity contribution >= 4 is 51.9 Å². The summed E-state index contributed by atoms with van der Waals surface area (Å²) in [6.45, 7) is 2.71. The van der Waals surface area contributed by atoms with E-state index in [1.807, 2.05) is 18.4 Å². The van der Waals surface area contributed by atoms with Crippen LogP contribution in [0.25, 0.3) is 21.8 Å². The third-order valence-corrected chi connectivity index (χ3v) is 5.31. The van der Waals surface area contributed by atoms with Gasteiger partial charge in [-0.2, -0.15) is 5.10 Å². The summed E-state index contributed by atoms with van der Waals surface area (Å²) in [6, 6.07) is 3.82. The number of hydrogen-bond acceptors (Lipinski definition) is 6. The van der Waals surface area contributed by atoms with Gasteiger partial charge in [0.1, 0.15) is 16.7 Å². The van der Waals surface area contributed by atoms with Gasteiger partial charge in [-0.25, -0.2) is 9.97 Å². The number of halogens is 1. The summed E-state index contributed by atoms with van der Waals surface area (Å²) in [5, 5.41) is 10.5. The number of carbonyl (C=O) groups excluding carboxylic acids is 1. The molecule has 0 unspecified atom stereocenters. The number of nitrogens with one attached hydrogen (secondary N) is 1. The number of aromatic nitrogens is 4. The lowest BCUT2D eigenvalue weighted by Crippen LogP contribution is -2.31. The Morgan fingerprint density at radius 3 is 2.81 bits per heavy atom. The van der Waals surface area contributed by atoms with E-state index < -0.39 is 5.91 Å². The minimum atomic E-state index is -0.449. The molecule has 2 aromatic heterocycles. The summed E-state index contributed by atoms with van der Waals surface area (Å²) in [5.74, 6) is 0.0474. The molecule has 0 saturated carbocycles. The monoisotopic (exact) mass is 392 g/mol. The largest absolute Gasteiger partial charge is 0.364 e. The van der Waals surface area contributed by atoms with Crippen LogP contribution in [0, 0.1) is 5.92 Å². The molecule has 3 aromatic rings. The van der Waals surface area contributed by atoms with Crippen molar-refractivity contribution in [1.82, 2.24) is 25.1 Å². The van der Waals surface area contributed by atoms with E-state index in [0.717, 1.165) is 47.7 Å². The molecule has 1 aliphatic heterocycles. The number of amides is 1. The molecule has 1 aromatic carbocycles. The molecule has 7 nitrogen and oxygen atoms in total. The second-order valence-electron chi connectivity index (χ2n) is 6.34. The van der Waals surface area contributed by atoms with Gasteiger partial charge >= 0.3 is 0 Å². The summed E-state index contributed by atoms with van der Waals surface area (Å²) in [6.07, 6.45) is 5.89. The molecular weight excluding hydrogens is 372 g/mol. The Kier molecular flexibility index (Phi) is 5.64. The first-order valence-electron chi connectivity index (χ1n) is 8.38. The summed E-state index contributed by atoms with van der Waals surface area (Å²) in [4.78, 5) is 21.0. The van der Waals surface area contributed by atoms with Crippen molar-refractivity contribution in [1.29, 1.82) is 0 Å². The van der Waals surface area contributed by atoms with Crippen molar-refractivity contribution in [2.45, 2.75) is 24.5 Å². The van der Waals surface area contributed by atoms with Gasteiger partial charge in [0.25, 0.3) is 5.91 Å². The van der Waals surface area contributed by atoms with Crippen LogP contribution in [-0.4, -0.2) is 45.0 Å². The third-order valence-electron chi connectivity index (χ3n) is 4.74. The van der Waals surface area contributed by atoms with E-state index in [-0.39, 0.29) is 12.4 Å². The highest BCUT2D eigenvalue weighted by atomic mass is 35.5. The van der Waals surface area contributed by atoms with Gasteiger partial charge in [-0.15, -0.1) is 12.4 Å². The normalized spacial score (nSPS) is 15.3. The Morgan fingerprint density at radius 2 is 2.12 bits per heavy atom. The lowest BCUT2D eigenvalue weighted by molar-refractivity contribution is 0.0989. The van der Waals surface area contributed by atoms with Gasteiger partial charge in [0.05, 0.1) is 0 Å². The number of hydrogen-bond donors (Lipinski definition) is 2. The van der Waals surface area contributed by atoms with Crippen molar-refractivity contribution < 1.29 is 4.79 Å². The Bertz CT molecular complexity index is 953. The van der Waals surface area contributed by atoms with Crippen molar-refractivity contribution in [3.05, 3.63) is 24.0 Å². The number of primary amides is 1. The molecule has 3 N–H and O–H groups in total. The zero-order chi connectivity index (χ0) is 17.4. The molecule has 1 saturated heterocycles. The van der Waals surface area contributed by atoms with E-state index >= 15 is 0 Å². The quantitative estimate of drug-likeness (QED) is 0.521. The summed E-state index contributed by atoms with van der Waals surface area (Å²) in [5.41, 5.74) is 7.64. The number of fused-ring (bicyclic) bond motifs is 3. The maximum absolute atomic E-state index is 12.1. The van der Waals surface area contributed by atoms with E-state index in [0.29, 0.717) is 23.3 Å². The molecule has 1 aliphatic rings. The Hall–Kier alpha value is -1.90. The molecule has 1 fully saturated rings. The minimum Gasteiger partial charge on any atom is -0.364 e. The number of benzene rings is 1. The Morgan fingerprint density at radius 1 is 1.35 bits per heavy atom. The standard InChI is InChI=1S/C17H20N6OS.ClH/c1-25-17-20-8-11-2-3-12-14(13(11)21-17)22-23(15(12)16(18)24)9-10-4-6-19-7-5-10;/h2-3,8,10,19H,4-7,9H2,1H3,(H2,18,24);1H. The molecule has 0 radical (unpaired) electrons. The molecule has 0 atom stereocenters. The fraction of sp³-hybridized carbons (Fsp3) is 0.412. The van der Waals surface area contributed by atoms with Crippen LogP contribution in [-0.2, 0) is 6.54 Å². The van der Waals surface area contributed by atoms with Crippen LogP contribution in [0.15, 0.2) is 23.5 Å². The van der Waals surface area contributed by atoms with Crippen LogP contribution in [0.3, 0.4) is 0 Å². The number of nitrogens with two attached hydrogens (primary N) is 1. The van der Waals surface area contributed by atoms with E-state index in [1.54, 1.807) is 10.9 Å². The number of carbonyl (C=O) groups is 1.